The number of hydrogen-bond acceptors (Lipinski definition) is 3. The molecule has 1 aromatic heterocycles. The van der Waals surface area contributed by atoms with Gasteiger partial charge in [-0.15, -0.1) is 0 Å². The number of nitrogens with zero attached hydrogens (tertiary/aromatic N) is 2. The Balaban J connectivity index is 2.78. The predicted octanol–water partition coefficient (Wildman–Crippen LogP) is 0.958. The highest BCUT2D eigenvalue weighted by Gasteiger charge is 2.15. The molecule has 0 fully saturated rings. The van der Waals surface area contributed by atoms with E-state index in [1.807, 2.05) is 11.6 Å². The zero-order valence-corrected chi connectivity index (χ0v) is 10.9. The van der Waals surface area contributed by atoms with Crippen molar-refractivity contribution in [1.29, 1.82) is 0 Å². The molecule has 0 aliphatic rings. The first kappa shape index (κ1) is 13.7. The Hall–Kier alpha value is -1.36. The van der Waals surface area contributed by atoms with Crippen LogP contribution >= 0.6 is 0 Å². The molecular formula is C12H21N3O2. The molecule has 1 rings (SSSR count). The summed E-state index contributed by atoms with van der Waals surface area (Å²) >= 11 is 0. The molecule has 0 saturated carbocycles. The lowest BCUT2D eigenvalue weighted by Gasteiger charge is -2.11. The van der Waals surface area contributed by atoms with E-state index >= 15 is 0 Å². The van der Waals surface area contributed by atoms with Crippen LogP contribution < -0.4 is 5.32 Å². The second-order valence-electron chi connectivity index (χ2n) is 4.78. The van der Waals surface area contributed by atoms with E-state index in [2.05, 4.69) is 24.3 Å². The molecule has 0 saturated heterocycles. The van der Waals surface area contributed by atoms with Gasteiger partial charge < -0.3 is 10.4 Å². The standard InChI is InChI=1S/C12H21N3O2/c1-8(2)6-15-10(4)11(5-13-15)12(17)14-9(3)7-16/h5,8-9,16H,6-7H2,1-4H3,(H,14,17). The molecule has 96 valence electrons. The molecule has 5 heteroatoms. The van der Waals surface area contributed by atoms with E-state index in [9.17, 15) is 4.79 Å². The molecule has 0 aliphatic carbocycles. The van der Waals surface area contributed by atoms with E-state index in [0.29, 0.717) is 11.5 Å². The number of carbonyl (C=O) groups excluding carboxylic acids is 1. The molecule has 1 heterocycles. The first-order valence-corrected chi connectivity index (χ1v) is 5.89. The summed E-state index contributed by atoms with van der Waals surface area (Å²) in [5.41, 5.74) is 1.44. The van der Waals surface area contributed by atoms with Gasteiger partial charge >= 0.3 is 0 Å². The molecule has 2 N–H and O–H groups in total. The van der Waals surface area contributed by atoms with Gasteiger partial charge in [-0.3, -0.25) is 9.48 Å². The van der Waals surface area contributed by atoms with Gasteiger partial charge in [-0.1, -0.05) is 13.8 Å². The highest BCUT2D eigenvalue weighted by Crippen LogP contribution is 2.09. The molecular weight excluding hydrogens is 218 g/mol. The van der Waals surface area contributed by atoms with Crippen molar-refractivity contribution in [1.82, 2.24) is 15.1 Å². The fraction of sp³-hybridized carbons (Fsp3) is 0.667. The average molecular weight is 239 g/mol. The fourth-order valence-electron chi connectivity index (χ4n) is 1.55. The summed E-state index contributed by atoms with van der Waals surface area (Å²) < 4.78 is 1.84. The van der Waals surface area contributed by atoms with Crippen LogP contribution in [0, 0.1) is 12.8 Å². The van der Waals surface area contributed by atoms with Crippen LogP contribution in [0.15, 0.2) is 6.20 Å². The zero-order valence-electron chi connectivity index (χ0n) is 10.9. The van der Waals surface area contributed by atoms with Gasteiger partial charge in [-0.2, -0.15) is 5.10 Å². The minimum Gasteiger partial charge on any atom is -0.394 e. The zero-order chi connectivity index (χ0) is 13.0. The van der Waals surface area contributed by atoms with E-state index in [4.69, 9.17) is 5.11 Å². The third-order valence-corrected chi connectivity index (χ3v) is 2.54. The molecule has 0 aromatic carbocycles. The van der Waals surface area contributed by atoms with Crippen LogP contribution in [-0.4, -0.2) is 33.4 Å². The van der Waals surface area contributed by atoms with E-state index in [1.165, 1.54) is 0 Å². The maximum atomic E-state index is 11.9. The highest BCUT2D eigenvalue weighted by molar-refractivity contribution is 5.95. The number of amides is 1. The summed E-state index contributed by atoms with van der Waals surface area (Å²) in [5.74, 6) is 0.305. The van der Waals surface area contributed by atoms with Crippen molar-refractivity contribution in [2.45, 2.75) is 40.3 Å². The number of hydrogen-bond donors (Lipinski definition) is 2. The Labute approximate surface area is 102 Å². The molecule has 1 amide bonds. The Kier molecular flexibility index (Phi) is 4.69. The molecule has 0 spiro atoms. The Morgan fingerprint density at radius 1 is 1.53 bits per heavy atom. The third-order valence-electron chi connectivity index (χ3n) is 2.54. The molecule has 1 atom stereocenters. The number of carbonyl (C=O) groups is 1. The monoisotopic (exact) mass is 239 g/mol. The lowest BCUT2D eigenvalue weighted by atomic mass is 10.2. The summed E-state index contributed by atoms with van der Waals surface area (Å²) in [6.45, 7) is 8.59. The fourth-order valence-corrected chi connectivity index (χ4v) is 1.55. The molecule has 0 bridgehead atoms. The molecule has 5 nitrogen and oxygen atoms in total. The number of aliphatic hydroxyl groups excluding tert-OH is 1. The summed E-state index contributed by atoms with van der Waals surface area (Å²) in [5, 5.41) is 15.8. The van der Waals surface area contributed by atoms with E-state index in [0.717, 1.165) is 12.2 Å². The molecule has 0 aliphatic heterocycles. The van der Waals surface area contributed by atoms with Gasteiger partial charge in [0.15, 0.2) is 0 Å². The van der Waals surface area contributed by atoms with Gasteiger partial charge in [0.1, 0.15) is 0 Å². The van der Waals surface area contributed by atoms with Gasteiger partial charge in [0.05, 0.1) is 18.4 Å². The van der Waals surface area contributed by atoms with Gasteiger partial charge in [-0.05, 0) is 19.8 Å². The van der Waals surface area contributed by atoms with Crippen molar-refractivity contribution in [2.75, 3.05) is 6.61 Å². The largest absolute Gasteiger partial charge is 0.394 e. The van der Waals surface area contributed by atoms with Crippen molar-refractivity contribution in [2.24, 2.45) is 5.92 Å². The van der Waals surface area contributed by atoms with Crippen LogP contribution in [0.4, 0.5) is 0 Å². The molecule has 17 heavy (non-hydrogen) atoms. The van der Waals surface area contributed by atoms with Crippen molar-refractivity contribution >= 4 is 5.91 Å². The number of nitrogens with one attached hydrogen (secondary N) is 1. The SMILES string of the molecule is Cc1c(C(=O)NC(C)CO)cnn1CC(C)C. The normalized spacial score (nSPS) is 12.8. The lowest BCUT2D eigenvalue weighted by Crippen LogP contribution is -2.35. The van der Waals surface area contributed by atoms with Crippen molar-refractivity contribution < 1.29 is 9.90 Å². The maximum Gasteiger partial charge on any atom is 0.255 e. The Morgan fingerprint density at radius 2 is 2.18 bits per heavy atom. The lowest BCUT2D eigenvalue weighted by molar-refractivity contribution is 0.0921. The van der Waals surface area contributed by atoms with Crippen LogP contribution in [0.3, 0.4) is 0 Å². The van der Waals surface area contributed by atoms with Crippen LogP contribution in [0.2, 0.25) is 0 Å². The Morgan fingerprint density at radius 3 is 2.71 bits per heavy atom. The van der Waals surface area contributed by atoms with Crippen molar-refractivity contribution in [3.63, 3.8) is 0 Å². The van der Waals surface area contributed by atoms with Gasteiger partial charge in [0.2, 0.25) is 0 Å². The second-order valence-corrected chi connectivity index (χ2v) is 4.78. The summed E-state index contributed by atoms with van der Waals surface area (Å²) in [4.78, 5) is 11.9. The number of aromatic nitrogens is 2. The van der Waals surface area contributed by atoms with E-state index in [-0.39, 0.29) is 18.6 Å². The molecule has 1 unspecified atom stereocenters. The molecule has 1 aromatic rings. The van der Waals surface area contributed by atoms with Crippen molar-refractivity contribution in [3.8, 4) is 0 Å². The van der Waals surface area contributed by atoms with Gasteiger partial charge in [0.25, 0.3) is 5.91 Å². The van der Waals surface area contributed by atoms with Crippen molar-refractivity contribution in [3.05, 3.63) is 17.5 Å². The van der Waals surface area contributed by atoms with E-state index in [1.54, 1.807) is 13.1 Å². The van der Waals surface area contributed by atoms with Gasteiger partial charge in [-0.25, -0.2) is 0 Å². The smallest absolute Gasteiger partial charge is 0.255 e. The predicted molar refractivity (Wildman–Crippen MR) is 65.8 cm³/mol. The third kappa shape index (κ3) is 3.56. The first-order chi connectivity index (χ1) is 7.95. The van der Waals surface area contributed by atoms with E-state index < -0.39 is 0 Å². The maximum absolute atomic E-state index is 11.9. The number of rotatable bonds is 5. The molecule has 0 radical (unpaired) electrons. The van der Waals surface area contributed by atoms with Crippen LogP contribution in [0.1, 0.15) is 36.8 Å². The summed E-state index contributed by atoms with van der Waals surface area (Å²) in [6, 6.07) is -0.240. The van der Waals surface area contributed by atoms with Crippen LogP contribution in [0.5, 0.6) is 0 Å². The minimum atomic E-state index is -0.240. The Bertz CT molecular complexity index is 385. The minimum absolute atomic E-state index is 0.0646. The number of aliphatic hydroxyl groups is 1. The second kappa shape index (κ2) is 5.82. The van der Waals surface area contributed by atoms with Gasteiger partial charge in [0, 0.05) is 18.3 Å². The average Bonchev–Trinajstić information content (AvgIpc) is 2.59. The summed E-state index contributed by atoms with van der Waals surface area (Å²) in [6.07, 6.45) is 1.58. The summed E-state index contributed by atoms with van der Waals surface area (Å²) in [7, 11) is 0. The highest BCUT2D eigenvalue weighted by atomic mass is 16.3. The topological polar surface area (TPSA) is 67.2 Å². The quantitative estimate of drug-likeness (QED) is 0.804. The van der Waals surface area contributed by atoms with Crippen LogP contribution in [-0.2, 0) is 6.54 Å². The first-order valence-electron chi connectivity index (χ1n) is 5.89. The van der Waals surface area contributed by atoms with Crippen LogP contribution in [0.25, 0.3) is 0 Å².